The third kappa shape index (κ3) is 2.87. The topological polar surface area (TPSA) is 0 Å². The van der Waals surface area contributed by atoms with Crippen LogP contribution in [0.1, 0.15) is 0 Å². The highest BCUT2D eigenvalue weighted by Crippen LogP contribution is 2.34. The van der Waals surface area contributed by atoms with Crippen LogP contribution in [0.3, 0.4) is 0 Å². The molecule has 66 valence electrons. The molecular weight excluding hydrogens is 180 g/mol. The Bertz CT molecular complexity index is 135. The van der Waals surface area contributed by atoms with Gasteiger partial charge in [-0.3, -0.25) is 0 Å². The van der Waals surface area contributed by atoms with Gasteiger partial charge in [0.25, 0.3) is 0 Å². The number of hydrogen-bond donors (Lipinski definition) is 0. The zero-order chi connectivity index (χ0) is 8.70. The fourth-order valence-electron chi connectivity index (χ4n) is 3.40. The lowest BCUT2D eigenvalue weighted by atomic mass is 11.7. The van der Waals surface area contributed by atoms with E-state index in [0.29, 0.717) is 0 Å². The van der Waals surface area contributed by atoms with Crippen LogP contribution < -0.4 is 0 Å². The zero-order valence-electron chi connectivity index (χ0n) is 8.70. The first kappa shape index (κ1) is 9.74. The zero-order valence-corrected chi connectivity index (χ0v) is 11.9. The van der Waals surface area contributed by atoms with Crippen LogP contribution in [0.15, 0.2) is 0 Å². The van der Waals surface area contributed by atoms with Crippen molar-refractivity contribution in [1.29, 1.82) is 0 Å². The molecule has 0 atom stereocenters. The third-order valence-corrected chi connectivity index (χ3v) is 24.8. The Morgan fingerprint density at radius 2 is 1.27 bits per heavy atom. The van der Waals surface area contributed by atoms with Crippen LogP contribution in [0.4, 0.5) is 0 Å². The van der Waals surface area contributed by atoms with Crippen LogP contribution >= 0.6 is 0 Å². The lowest BCUT2D eigenvalue weighted by Crippen LogP contribution is -2.49. The van der Waals surface area contributed by atoms with Gasteiger partial charge in [0.2, 0.25) is 0 Å². The third-order valence-electron chi connectivity index (χ3n) is 2.76. The van der Waals surface area contributed by atoms with Crippen molar-refractivity contribution in [2.75, 3.05) is 0 Å². The summed E-state index contributed by atoms with van der Waals surface area (Å²) in [5.41, 5.74) is 5.16. The number of rotatable bonds is 0. The van der Waals surface area contributed by atoms with Gasteiger partial charge in [0.05, 0.1) is 0 Å². The molecule has 0 aliphatic carbocycles. The van der Waals surface area contributed by atoms with Gasteiger partial charge in [-0.2, -0.15) is 0 Å². The summed E-state index contributed by atoms with van der Waals surface area (Å²) in [7, 11) is -1.55. The van der Waals surface area contributed by atoms with E-state index >= 15 is 0 Å². The second-order valence-corrected chi connectivity index (χ2v) is 21.6. The molecule has 0 amide bonds. The summed E-state index contributed by atoms with van der Waals surface area (Å²) in [6.45, 7) is 13.1. The van der Waals surface area contributed by atoms with Crippen molar-refractivity contribution in [3.63, 3.8) is 0 Å². The largest absolute Gasteiger partial charge is 0.0724 e. The molecule has 0 radical (unpaired) electrons. The van der Waals surface area contributed by atoms with Gasteiger partial charge in [0.1, 0.15) is 0 Å². The average Bonchev–Trinajstić information content (AvgIpc) is 1.49. The summed E-state index contributed by atoms with van der Waals surface area (Å²) in [5.74, 6) is 0. The SMILES string of the molecule is C[SiH]1C[Si](C)(C)C[Si](C)(C)C1. The van der Waals surface area contributed by atoms with E-state index in [-0.39, 0.29) is 8.80 Å². The molecule has 0 unspecified atom stereocenters. The molecule has 11 heavy (non-hydrogen) atoms. The summed E-state index contributed by atoms with van der Waals surface area (Å²) in [6.07, 6.45) is 0. The van der Waals surface area contributed by atoms with Crippen molar-refractivity contribution >= 4 is 24.9 Å². The molecule has 1 rings (SSSR count). The molecular formula is C8H22Si3. The molecule has 1 aliphatic heterocycles. The van der Waals surface area contributed by atoms with Gasteiger partial charge in [-0.15, -0.1) is 0 Å². The first-order valence-corrected chi connectivity index (χ1v) is 14.4. The fourth-order valence-corrected chi connectivity index (χ4v) is 34.5. The molecule has 0 N–H and O–H groups in total. The summed E-state index contributed by atoms with van der Waals surface area (Å²) < 4.78 is 0. The van der Waals surface area contributed by atoms with E-state index in [1.165, 1.54) is 0 Å². The Balaban J connectivity index is 2.66. The van der Waals surface area contributed by atoms with Crippen LogP contribution in [0.5, 0.6) is 0 Å². The second kappa shape index (κ2) is 2.85. The van der Waals surface area contributed by atoms with Gasteiger partial charge >= 0.3 is 0 Å². The normalized spacial score (nSPS) is 30.3. The van der Waals surface area contributed by atoms with E-state index in [0.717, 1.165) is 0 Å². The molecule has 0 aromatic rings. The summed E-state index contributed by atoms with van der Waals surface area (Å²) in [4.78, 5) is 0. The fraction of sp³-hybridized carbons (Fsp3) is 1.00. The van der Waals surface area contributed by atoms with Gasteiger partial charge in [-0.05, 0) is 0 Å². The minimum Gasteiger partial charge on any atom is -0.0724 e. The second-order valence-electron chi connectivity index (χ2n) is 6.02. The predicted octanol–water partition coefficient (Wildman–Crippen LogP) is 2.89. The predicted molar refractivity (Wildman–Crippen MR) is 62.4 cm³/mol. The molecule has 0 saturated carbocycles. The van der Waals surface area contributed by atoms with Crippen molar-refractivity contribution < 1.29 is 0 Å². The molecule has 0 spiro atoms. The maximum Gasteiger partial charge on any atom is 0.0418 e. The van der Waals surface area contributed by atoms with Crippen LogP contribution in [0.25, 0.3) is 0 Å². The van der Waals surface area contributed by atoms with Crippen molar-refractivity contribution in [2.45, 2.75) is 49.7 Å². The molecule has 1 heterocycles. The molecule has 0 bridgehead atoms. The highest BCUT2D eigenvalue weighted by atomic mass is 28.4. The van der Waals surface area contributed by atoms with E-state index in [1.807, 2.05) is 0 Å². The molecule has 1 saturated heterocycles. The van der Waals surface area contributed by atoms with Crippen molar-refractivity contribution in [3.8, 4) is 0 Å². The average molecular weight is 203 g/mol. The molecule has 0 aromatic heterocycles. The molecule has 0 aromatic carbocycles. The molecule has 1 fully saturated rings. The highest BCUT2D eigenvalue weighted by molar-refractivity contribution is 7.07. The van der Waals surface area contributed by atoms with Crippen molar-refractivity contribution in [2.24, 2.45) is 0 Å². The minimum absolute atomic E-state index is 0.221. The monoisotopic (exact) mass is 202 g/mol. The smallest absolute Gasteiger partial charge is 0.0418 e. The maximum absolute atomic E-state index is 2.62. The minimum atomic E-state index is -0.666. The number of hydrogen-bond acceptors (Lipinski definition) is 0. The van der Waals surface area contributed by atoms with Gasteiger partial charge in [0, 0.05) is 24.9 Å². The summed E-state index contributed by atoms with van der Waals surface area (Å²) >= 11 is 0. The summed E-state index contributed by atoms with van der Waals surface area (Å²) in [5, 5.41) is 0. The Morgan fingerprint density at radius 3 is 1.55 bits per heavy atom. The van der Waals surface area contributed by atoms with Crippen molar-refractivity contribution in [3.05, 3.63) is 0 Å². The van der Waals surface area contributed by atoms with Gasteiger partial charge in [-0.1, -0.05) is 49.7 Å². The van der Waals surface area contributed by atoms with Crippen LogP contribution in [-0.2, 0) is 0 Å². The van der Waals surface area contributed by atoms with E-state index in [2.05, 4.69) is 32.7 Å². The van der Waals surface area contributed by atoms with Crippen LogP contribution in [-0.4, -0.2) is 24.9 Å². The standard InChI is InChI=1S/C8H22Si3/c1-9-6-10(2,3)8-11(4,5)7-9/h9H,6-8H2,1-5H3. The van der Waals surface area contributed by atoms with E-state index in [4.69, 9.17) is 0 Å². The first-order valence-electron chi connectivity index (χ1n) is 4.81. The Morgan fingerprint density at radius 1 is 0.909 bits per heavy atom. The Labute approximate surface area is 75.0 Å². The lowest BCUT2D eigenvalue weighted by Gasteiger charge is -2.41. The Hall–Kier alpha value is 0.651. The molecule has 1 aliphatic rings. The van der Waals surface area contributed by atoms with Crippen molar-refractivity contribution in [1.82, 2.24) is 0 Å². The first-order chi connectivity index (χ1) is 4.81. The molecule has 0 nitrogen and oxygen atoms in total. The summed E-state index contributed by atoms with van der Waals surface area (Å²) in [6, 6.07) is 0. The lowest BCUT2D eigenvalue weighted by molar-refractivity contribution is 1.39. The van der Waals surface area contributed by atoms with Crippen LogP contribution in [0, 0.1) is 0 Å². The molecule has 3 heteroatoms. The van der Waals surface area contributed by atoms with E-state index in [9.17, 15) is 0 Å². The Kier molecular flexibility index (Phi) is 2.52. The van der Waals surface area contributed by atoms with E-state index < -0.39 is 16.1 Å². The van der Waals surface area contributed by atoms with Gasteiger partial charge in [-0.25, -0.2) is 0 Å². The highest BCUT2D eigenvalue weighted by Gasteiger charge is 2.39. The van der Waals surface area contributed by atoms with Gasteiger partial charge < -0.3 is 0 Å². The van der Waals surface area contributed by atoms with Crippen LogP contribution in [0.2, 0.25) is 49.7 Å². The van der Waals surface area contributed by atoms with E-state index in [1.54, 1.807) is 17.0 Å². The quantitative estimate of drug-likeness (QED) is 0.530. The van der Waals surface area contributed by atoms with Gasteiger partial charge in [0.15, 0.2) is 0 Å². The maximum atomic E-state index is 2.62.